The van der Waals surface area contributed by atoms with Crippen molar-refractivity contribution in [3.05, 3.63) is 30.3 Å². The van der Waals surface area contributed by atoms with Gasteiger partial charge in [-0.3, -0.25) is 0 Å². The molecule has 4 heteroatoms. The second kappa shape index (κ2) is 4.44. The van der Waals surface area contributed by atoms with Gasteiger partial charge in [0.15, 0.2) is 0 Å². The van der Waals surface area contributed by atoms with Gasteiger partial charge in [-0.25, -0.2) is 4.79 Å². The Hall–Kier alpha value is -1.45. The van der Waals surface area contributed by atoms with Crippen molar-refractivity contribution in [2.45, 2.75) is 6.82 Å². The Kier molecular flexibility index (Phi) is 3.20. The van der Waals surface area contributed by atoms with Gasteiger partial charge in [0.2, 0.25) is 7.41 Å². The first-order chi connectivity index (χ1) is 5.83. The van der Waals surface area contributed by atoms with Crippen LogP contribution in [0.1, 0.15) is 0 Å². The summed E-state index contributed by atoms with van der Waals surface area (Å²) in [5.74, 6) is 0.539. The fourth-order valence-corrected chi connectivity index (χ4v) is 0.743. The zero-order chi connectivity index (χ0) is 8.81. The second-order valence-electron chi connectivity index (χ2n) is 2.14. The molecule has 0 atom stereocenters. The molecule has 0 unspecified atom stereocenters. The lowest BCUT2D eigenvalue weighted by atomic mass is 10.0. The number of ether oxygens (including phenoxy) is 1. The Morgan fingerprint density at radius 1 is 1.42 bits per heavy atom. The molecule has 61 valence electrons. The molecule has 1 aromatic carbocycles. The number of amides is 1. The summed E-state index contributed by atoms with van der Waals surface area (Å²) in [6, 6.07) is 8.90. The maximum absolute atomic E-state index is 10.8. The zero-order valence-corrected chi connectivity index (χ0v) is 6.78. The highest BCUT2D eigenvalue weighted by atomic mass is 16.5. The number of rotatable bonds is 2. The highest BCUT2D eigenvalue weighted by Crippen LogP contribution is 2.07. The van der Waals surface area contributed by atoms with Crippen LogP contribution in [0.5, 0.6) is 5.75 Å². The van der Waals surface area contributed by atoms with Crippen molar-refractivity contribution < 1.29 is 9.53 Å². The number of para-hydroxylation sites is 1. The molecule has 1 amide bonds. The highest BCUT2D eigenvalue weighted by molar-refractivity contribution is 6.34. The van der Waals surface area contributed by atoms with Gasteiger partial charge >= 0.3 is 6.09 Å². The van der Waals surface area contributed by atoms with Gasteiger partial charge in [0.05, 0.1) is 0 Å². The summed E-state index contributed by atoms with van der Waals surface area (Å²) in [5.41, 5.74) is 0. The van der Waals surface area contributed by atoms with Crippen LogP contribution < -0.4 is 9.96 Å². The van der Waals surface area contributed by atoms with Crippen molar-refractivity contribution in [1.29, 1.82) is 0 Å². The van der Waals surface area contributed by atoms with E-state index < -0.39 is 6.09 Å². The summed E-state index contributed by atoms with van der Waals surface area (Å²) in [7, 11) is 1.52. The maximum atomic E-state index is 10.8. The van der Waals surface area contributed by atoms with Gasteiger partial charge < -0.3 is 9.96 Å². The smallest absolute Gasteiger partial charge is 0.399 e. The number of carbonyl (C=O) groups excluding carboxylic acids is 1. The average molecular weight is 162 g/mol. The second-order valence-corrected chi connectivity index (χ2v) is 2.14. The lowest BCUT2D eigenvalue weighted by Crippen LogP contribution is -2.28. The normalized spacial score (nSPS) is 8.75. The lowest BCUT2D eigenvalue weighted by Gasteiger charge is -2.02. The molecule has 0 saturated heterocycles. The van der Waals surface area contributed by atoms with E-state index in [4.69, 9.17) is 4.74 Å². The predicted molar refractivity (Wildman–Crippen MR) is 47.2 cm³/mol. The molecular formula is C8H9BNO2. The van der Waals surface area contributed by atoms with Gasteiger partial charge in [0.1, 0.15) is 5.75 Å². The summed E-state index contributed by atoms with van der Waals surface area (Å²) in [5, 5.41) is 2.41. The van der Waals surface area contributed by atoms with Gasteiger partial charge in [-0.2, -0.15) is 0 Å². The fourth-order valence-electron chi connectivity index (χ4n) is 0.743. The Morgan fingerprint density at radius 2 is 2.08 bits per heavy atom. The van der Waals surface area contributed by atoms with E-state index in [2.05, 4.69) is 5.23 Å². The number of hydrogen-bond acceptors (Lipinski definition) is 2. The molecule has 12 heavy (non-hydrogen) atoms. The highest BCUT2D eigenvalue weighted by Gasteiger charge is 1.99. The average Bonchev–Trinajstić information content (AvgIpc) is 2.06. The minimum Gasteiger partial charge on any atom is -0.411 e. The number of benzene rings is 1. The third-order valence-corrected chi connectivity index (χ3v) is 1.22. The Morgan fingerprint density at radius 3 is 2.67 bits per heavy atom. The van der Waals surface area contributed by atoms with E-state index in [0.717, 1.165) is 0 Å². The molecule has 0 spiro atoms. The van der Waals surface area contributed by atoms with Crippen LogP contribution in [0.2, 0.25) is 6.82 Å². The maximum Gasteiger partial charge on any atom is 0.399 e. The van der Waals surface area contributed by atoms with Crippen molar-refractivity contribution in [1.82, 2.24) is 5.23 Å². The molecule has 1 N–H and O–H groups in total. The van der Waals surface area contributed by atoms with Crippen molar-refractivity contribution in [2.75, 3.05) is 0 Å². The molecule has 0 aliphatic carbocycles. The molecule has 3 nitrogen and oxygen atoms in total. The van der Waals surface area contributed by atoms with E-state index in [1.807, 2.05) is 6.07 Å². The van der Waals surface area contributed by atoms with Crippen molar-refractivity contribution in [2.24, 2.45) is 0 Å². The van der Waals surface area contributed by atoms with E-state index >= 15 is 0 Å². The lowest BCUT2D eigenvalue weighted by molar-refractivity contribution is 0.207. The van der Waals surface area contributed by atoms with Crippen LogP contribution >= 0.6 is 0 Å². The van der Waals surface area contributed by atoms with Gasteiger partial charge in [-0.15, -0.1) is 0 Å². The van der Waals surface area contributed by atoms with Crippen LogP contribution in [0.3, 0.4) is 0 Å². The first kappa shape index (κ1) is 8.65. The van der Waals surface area contributed by atoms with E-state index in [0.29, 0.717) is 5.75 Å². The third kappa shape index (κ3) is 2.66. The standard InChI is InChI=1S/C8H9BNO2/c1-9-10-8(11)12-7-5-3-2-4-6-7/h2-6H,1H3,(H,10,11). The van der Waals surface area contributed by atoms with Gasteiger partial charge in [0, 0.05) is 0 Å². The first-order valence-electron chi connectivity index (χ1n) is 3.64. The third-order valence-electron chi connectivity index (χ3n) is 1.22. The largest absolute Gasteiger partial charge is 0.411 e. The topological polar surface area (TPSA) is 38.3 Å². The first-order valence-corrected chi connectivity index (χ1v) is 3.64. The van der Waals surface area contributed by atoms with Crippen LogP contribution in [0, 0.1) is 0 Å². The molecule has 0 bridgehead atoms. The van der Waals surface area contributed by atoms with Crippen LogP contribution in [0.4, 0.5) is 4.79 Å². The Labute approximate surface area is 72.0 Å². The van der Waals surface area contributed by atoms with Crippen LogP contribution in [0.25, 0.3) is 0 Å². The predicted octanol–water partition coefficient (Wildman–Crippen LogP) is 1.44. The molecule has 0 aliphatic rings. The quantitative estimate of drug-likeness (QED) is 0.668. The number of carbonyl (C=O) groups is 1. The van der Waals surface area contributed by atoms with Gasteiger partial charge in [0.25, 0.3) is 0 Å². The van der Waals surface area contributed by atoms with E-state index in [-0.39, 0.29) is 0 Å². The van der Waals surface area contributed by atoms with Crippen molar-refractivity contribution >= 4 is 13.5 Å². The van der Waals surface area contributed by atoms with E-state index in [9.17, 15) is 4.79 Å². The SMILES string of the molecule is C[B]NC(=O)Oc1ccccc1. The summed E-state index contributed by atoms with van der Waals surface area (Å²) in [4.78, 5) is 10.8. The summed E-state index contributed by atoms with van der Waals surface area (Å²) < 4.78 is 4.87. The van der Waals surface area contributed by atoms with E-state index in [1.54, 1.807) is 31.1 Å². The Balaban J connectivity index is 2.47. The summed E-state index contributed by atoms with van der Waals surface area (Å²) >= 11 is 0. The summed E-state index contributed by atoms with van der Waals surface area (Å²) in [6.07, 6.45) is -0.469. The van der Waals surface area contributed by atoms with Crippen LogP contribution in [-0.2, 0) is 0 Å². The monoisotopic (exact) mass is 162 g/mol. The minimum atomic E-state index is -0.469. The molecule has 1 radical (unpaired) electrons. The molecule has 0 aromatic heterocycles. The molecule has 0 aliphatic heterocycles. The van der Waals surface area contributed by atoms with Crippen molar-refractivity contribution in [3.63, 3.8) is 0 Å². The molecule has 0 fully saturated rings. The molecule has 1 aromatic rings. The van der Waals surface area contributed by atoms with E-state index in [1.165, 1.54) is 7.41 Å². The zero-order valence-electron chi connectivity index (χ0n) is 6.78. The molecule has 0 heterocycles. The molecule has 1 rings (SSSR count). The number of hydrogen-bond donors (Lipinski definition) is 1. The van der Waals surface area contributed by atoms with Crippen molar-refractivity contribution in [3.8, 4) is 5.75 Å². The van der Waals surface area contributed by atoms with Gasteiger partial charge in [-0.05, 0) is 12.1 Å². The number of nitrogens with one attached hydrogen (secondary N) is 1. The van der Waals surface area contributed by atoms with Gasteiger partial charge in [-0.1, -0.05) is 25.0 Å². The molecular weight excluding hydrogens is 153 g/mol. The summed E-state index contributed by atoms with van der Waals surface area (Å²) in [6.45, 7) is 1.71. The molecule has 0 saturated carbocycles. The fraction of sp³-hybridized carbons (Fsp3) is 0.125. The minimum absolute atomic E-state index is 0.469. The van der Waals surface area contributed by atoms with Crippen LogP contribution in [0.15, 0.2) is 30.3 Å². The Bertz CT molecular complexity index is 250. The van der Waals surface area contributed by atoms with Crippen LogP contribution in [-0.4, -0.2) is 13.5 Å².